The van der Waals surface area contributed by atoms with Gasteiger partial charge in [-0.25, -0.2) is 18.2 Å². The molecule has 2 heterocycles. The van der Waals surface area contributed by atoms with Gasteiger partial charge in [-0.3, -0.25) is 25.4 Å². The van der Waals surface area contributed by atoms with Gasteiger partial charge in [0.05, 0.1) is 17.9 Å². The number of anilines is 1. The van der Waals surface area contributed by atoms with Crippen molar-refractivity contribution in [3.05, 3.63) is 73.6 Å². The van der Waals surface area contributed by atoms with Crippen LogP contribution >= 0.6 is 11.5 Å². The molecule has 1 aromatic carbocycles. The van der Waals surface area contributed by atoms with Crippen molar-refractivity contribution in [3.8, 4) is 5.69 Å². The molecule has 174 valence electrons. The van der Waals surface area contributed by atoms with E-state index in [1.807, 2.05) is 44.2 Å². The smallest absolute Gasteiger partial charge is 0.338 e. The van der Waals surface area contributed by atoms with Gasteiger partial charge in [0.1, 0.15) is 11.6 Å². The fourth-order valence-corrected chi connectivity index (χ4v) is 3.58. The minimum atomic E-state index is -0.435. The minimum absolute atomic E-state index is 0.158. The topological polar surface area (TPSA) is 138 Å². The number of nitrogens with one attached hydrogen (secondary N) is 4. The van der Waals surface area contributed by atoms with Gasteiger partial charge in [-0.05, 0) is 29.7 Å². The van der Waals surface area contributed by atoms with Gasteiger partial charge >= 0.3 is 16.6 Å². The summed E-state index contributed by atoms with van der Waals surface area (Å²) >= 11 is 0.840. The highest BCUT2D eigenvalue weighted by Gasteiger charge is 2.15. The Morgan fingerprint density at radius 2 is 2.00 bits per heavy atom. The molecule has 2 amide bonds. The first kappa shape index (κ1) is 23.7. The molecule has 2 aromatic heterocycles. The van der Waals surface area contributed by atoms with E-state index >= 15 is 0 Å². The zero-order chi connectivity index (χ0) is 24.0. The number of allylic oxidation sites excluding steroid dienone is 1. The average Bonchev–Trinajstić information content (AvgIpc) is 3.34. The number of hydrogen-bond donors (Lipinski definition) is 4. The van der Waals surface area contributed by atoms with Crippen LogP contribution in [0.3, 0.4) is 0 Å². The van der Waals surface area contributed by atoms with Gasteiger partial charge < -0.3 is 5.32 Å². The lowest BCUT2D eigenvalue weighted by Gasteiger charge is -2.12. The Morgan fingerprint density at radius 3 is 2.58 bits per heavy atom. The molecular formula is C21H26N8O3S. The van der Waals surface area contributed by atoms with Crippen LogP contribution in [-0.2, 0) is 6.54 Å². The van der Waals surface area contributed by atoms with Crippen LogP contribution in [0.5, 0.6) is 0 Å². The molecule has 12 heteroatoms. The molecule has 3 rings (SSSR count). The van der Waals surface area contributed by atoms with Crippen LogP contribution in [0.1, 0.15) is 31.0 Å². The number of benzene rings is 1. The largest absolute Gasteiger partial charge is 0.375 e. The van der Waals surface area contributed by atoms with Crippen molar-refractivity contribution in [2.75, 3.05) is 19.4 Å². The van der Waals surface area contributed by atoms with Gasteiger partial charge in [0.25, 0.3) is 0 Å². The fraction of sp³-hybridized carbons (Fsp3) is 0.286. The maximum Gasteiger partial charge on any atom is 0.338 e. The summed E-state index contributed by atoms with van der Waals surface area (Å²) in [5.74, 6) is 1.15. The van der Waals surface area contributed by atoms with Crippen molar-refractivity contribution in [1.82, 2.24) is 29.4 Å². The van der Waals surface area contributed by atoms with Gasteiger partial charge in [0.2, 0.25) is 0 Å². The van der Waals surface area contributed by atoms with Gasteiger partial charge in [0.15, 0.2) is 0 Å². The minimum Gasteiger partial charge on any atom is -0.375 e. The summed E-state index contributed by atoms with van der Waals surface area (Å²) in [6, 6.07) is 8.76. The van der Waals surface area contributed by atoms with E-state index in [-0.39, 0.29) is 17.3 Å². The van der Waals surface area contributed by atoms with E-state index in [0.717, 1.165) is 28.5 Å². The zero-order valence-electron chi connectivity index (χ0n) is 18.7. The summed E-state index contributed by atoms with van der Waals surface area (Å²) in [6.45, 7) is 4.32. The van der Waals surface area contributed by atoms with Crippen molar-refractivity contribution in [3.63, 3.8) is 0 Å². The van der Waals surface area contributed by atoms with E-state index in [0.29, 0.717) is 11.6 Å². The summed E-state index contributed by atoms with van der Waals surface area (Å²) in [5.41, 5.74) is 1.97. The van der Waals surface area contributed by atoms with Crippen molar-refractivity contribution >= 4 is 29.6 Å². The molecule has 0 spiro atoms. The van der Waals surface area contributed by atoms with Crippen molar-refractivity contribution in [2.24, 2.45) is 4.99 Å². The second kappa shape index (κ2) is 10.6. The summed E-state index contributed by atoms with van der Waals surface area (Å²) in [6.07, 6.45) is 3.20. The highest BCUT2D eigenvalue weighted by molar-refractivity contribution is 7.03. The molecule has 0 atom stereocenters. The molecule has 0 aliphatic carbocycles. The van der Waals surface area contributed by atoms with E-state index in [1.165, 1.54) is 3.96 Å². The summed E-state index contributed by atoms with van der Waals surface area (Å²) in [4.78, 5) is 41.3. The second-order valence-electron chi connectivity index (χ2n) is 7.35. The third kappa shape index (κ3) is 6.07. The lowest BCUT2D eigenvalue weighted by molar-refractivity contribution is 0.253. The lowest BCUT2D eigenvalue weighted by Crippen LogP contribution is -2.33. The Bertz CT molecular complexity index is 1280. The van der Waals surface area contributed by atoms with Gasteiger partial charge in [0, 0.05) is 37.9 Å². The van der Waals surface area contributed by atoms with Gasteiger partial charge in [-0.2, -0.15) is 5.10 Å². The van der Waals surface area contributed by atoms with Crippen LogP contribution < -0.4 is 26.5 Å². The number of aromatic nitrogens is 4. The Hall–Kier alpha value is -3.93. The molecule has 0 fully saturated rings. The molecule has 0 aliphatic heterocycles. The third-order valence-electron chi connectivity index (χ3n) is 4.60. The Morgan fingerprint density at radius 1 is 1.27 bits per heavy atom. The maximum atomic E-state index is 12.6. The number of carbonyl (C=O) groups is 1. The summed E-state index contributed by atoms with van der Waals surface area (Å²) < 4.78 is 3.01. The number of carbonyl (C=O) groups excluding carboxylic acids is 1. The molecule has 11 nitrogen and oxygen atoms in total. The molecule has 0 bridgehead atoms. The molecule has 3 aromatic rings. The summed E-state index contributed by atoms with van der Waals surface area (Å²) in [5, 5.41) is 13.1. The number of aliphatic imine (C=N–C) groups is 1. The number of amides is 2. The first-order valence-corrected chi connectivity index (χ1v) is 11.0. The van der Waals surface area contributed by atoms with Crippen molar-refractivity contribution in [1.29, 1.82) is 0 Å². The average molecular weight is 471 g/mol. The molecule has 0 aliphatic rings. The first-order valence-electron chi connectivity index (χ1n) is 10.2. The molecule has 0 radical (unpaired) electrons. The predicted octanol–water partition coefficient (Wildman–Crippen LogP) is 1.84. The maximum absolute atomic E-state index is 12.6. The van der Waals surface area contributed by atoms with Crippen molar-refractivity contribution in [2.45, 2.75) is 26.3 Å². The quantitative estimate of drug-likeness (QED) is 0.372. The van der Waals surface area contributed by atoms with Crippen molar-refractivity contribution < 1.29 is 4.79 Å². The van der Waals surface area contributed by atoms with Crippen LogP contribution in [0, 0.1) is 0 Å². The Labute approximate surface area is 194 Å². The zero-order valence-corrected chi connectivity index (χ0v) is 19.6. The highest BCUT2D eigenvalue weighted by atomic mass is 32.1. The van der Waals surface area contributed by atoms with E-state index < -0.39 is 11.7 Å². The molecule has 0 unspecified atom stereocenters. The monoisotopic (exact) mass is 470 g/mol. The number of H-pyrrole nitrogens is 1. The number of nitrogens with zero attached hydrogens (tertiary/aromatic N) is 4. The second-order valence-corrected chi connectivity index (χ2v) is 8.34. The van der Waals surface area contributed by atoms with Crippen LogP contribution in [0.15, 0.2) is 56.8 Å². The van der Waals surface area contributed by atoms with E-state index in [4.69, 9.17) is 0 Å². The first-order chi connectivity index (χ1) is 15.8. The highest BCUT2D eigenvalue weighted by Crippen LogP contribution is 2.22. The molecule has 0 saturated heterocycles. The predicted molar refractivity (Wildman–Crippen MR) is 130 cm³/mol. The van der Waals surface area contributed by atoms with E-state index in [2.05, 4.69) is 31.0 Å². The van der Waals surface area contributed by atoms with Crippen LogP contribution in [0.2, 0.25) is 0 Å². The Balaban J connectivity index is 1.83. The normalized spacial score (nSPS) is 11.8. The molecule has 33 heavy (non-hydrogen) atoms. The number of aromatic amines is 1. The Kier molecular flexibility index (Phi) is 7.61. The number of rotatable bonds is 8. The number of urea groups is 1. The van der Waals surface area contributed by atoms with E-state index in [9.17, 15) is 14.4 Å². The lowest BCUT2D eigenvalue weighted by atomic mass is 10.1. The molecule has 4 N–H and O–H groups in total. The third-order valence-corrected chi connectivity index (χ3v) is 5.39. The summed E-state index contributed by atoms with van der Waals surface area (Å²) in [7, 11) is 3.33. The van der Waals surface area contributed by atoms with Gasteiger partial charge in [-0.1, -0.05) is 26.0 Å². The molecule has 0 saturated carbocycles. The molecular weight excluding hydrogens is 444 g/mol. The standard InChI is InChI=1S/C21H26N8O3S/c1-13(2)16-11-18(25-19(30)24-17(23-4)9-10-22-3)29(27-16)15-7-5-14(6-8-15)12-28-20(31)26-21(32)33-28/h5-11,13,23H,12H2,1-4H3,(H2,24,25,30)(H,26,31,32)/b17-9+,22-10?. The van der Waals surface area contributed by atoms with Crippen LogP contribution in [0.4, 0.5) is 10.6 Å². The van der Waals surface area contributed by atoms with E-state index in [1.54, 1.807) is 31.1 Å². The number of hydrogen-bond acceptors (Lipinski definition) is 7. The SMILES string of the molecule is CN=C/C=C(\NC)NC(=O)Nc1cc(C(C)C)nn1-c1ccc(Cn2sc(=O)[nH]c2=O)cc1. The van der Waals surface area contributed by atoms with Gasteiger partial charge in [-0.15, -0.1) is 0 Å². The van der Waals surface area contributed by atoms with Crippen LogP contribution in [0.25, 0.3) is 5.69 Å². The fourth-order valence-electron chi connectivity index (χ4n) is 2.90. The van der Waals surface area contributed by atoms with Crippen LogP contribution in [-0.4, -0.2) is 45.1 Å².